The van der Waals surface area contributed by atoms with Gasteiger partial charge in [0.15, 0.2) is 17.3 Å². The summed E-state index contributed by atoms with van der Waals surface area (Å²) in [5.41, 5.74) is -2.75. The molecule has 8 nitrogen and oxygen atoms in total. The molecule has 0 aliphatic heterocycles. The Morgan fingerprint density at radius 1 is 1.36 bits per heavy atom. The van der Waals surface area contributed by atoms with Crippen LogP contribution in [0.3, 0.4) is 0 Å². The first-order valence-electron chi connectivity index (χ1n) is 6.95. The fourth-order valence-electron chi connectivity index (χ4n) is 1.84. The average Bonchev–Trinajstić information content (AvgIpc) is 2.47. The number of nitriles is 1. The third-order valence-corrected chi connectivity index (χ3v) is 3.31. The van der Waals surface area contributed by atoms with Gasteiger partial charge in [0.1, 0.15) is 11.6 Å². The van der Waals surface area contributed by atoms with Gasteiger partial charge in [0, 0.05) is 24.5 Å². The Balaban J connectivity index is 3.75. The number of esters is 1. The van der Waals surface area contributed by atoms with Gasteiger partial charge < -0.3 is 9.84 Å². The van der Waals surface area contributed by atoms with Gasteiger partial charge in [-0.3, -0.25) is 19.7 Å². The van der Waals surface area contributed by atoms with Crippen molar-refractivity contribution in [3.63, 3.8) is 0 Å². The number of nitrogens with zero attached hydrogens (tertiary/aromatic N) is 2. The molecular weight excluding hydrogens is 352 g/mol. The highest BCUT2D eigenvalue weighted by molar-refractivity contribution is 6.32. The van der Waals surface area contributed by atoms with Gasteiger partial charge in [0.25, 0.3) is 5.69 Å². The second-order valence-electron chi connectivity index (χ2n) is 6.07. The van der Waals surface area contributed by atoms with Crippen molar-refractivity contribution in [2.45, 2.75) is 27.7 Å². The Hall–Kier alpha value is -2.92. The normalized spacial score (nSPS) is 12.0. The molecule has 0 amide bonds. The Morgan fingerprint density at radius 2 is 1.92 bits per heavy atom. The fourth-order valence-corrected chi connectivity index (χ4v) is 2.03. The van der Waals surface area contributed by atoms with Crippen molar-refractivity contribution in [3.05, 3.63) is 38.4 Å². The minimum atomic E-state index is -1.00. The fraction of sp³-hybridized carbons (Fsp3) is 0.312. The van der Waals surface area contributed by atoms with Crippen molar-refractivity contribution in [1.29, 1.82) is 5.26 Å². The average molecular weight is 367 g/mol. The second kappa shape index (κ2) is 7.32. The predicted octanol–water partition coefficient (Wildman–Crippen LogP) is 3.58. The molecule has 0 aromatic heterocycles. The van der Waals surface area contributed by atoms with Crippen LogP contribution in [-0.2, 0) is 9.59 Å². The smallest absolute Gasteiger partial charge is 0.308 e. The number of hydrogen-bond acceptors (Lipinski definition) is 7. The van der Waals surface area contributed by atoms with E-state index in [-0.39, 0.29) is 10.8 Å². The highest BCUT2D eigenvalue weighted by Crippen LogP contribution is 2.37. The Labute approximate surface area is 148 Å². The molecule has 0 saturated heterocycles. The van der Waals surface area contributed by atoms with Gasteiger partial charge >= 0.3 is 5.97 Å². The van der Waals surface area contributed by atoms with E-state index in [1.807, 2.05) is 0 Å². The quantitative estimate of drug-likeness (QED) is 0.164. The van der Waals surface area contributed by atoms with Crippen LogP contribution in [0.5, 0.6) is 5.75 Å². The van der Waals surface area contributed by atoms with Crippen molar-refractivity contribution in [2.24, 2.45) is 5.41 Å². The first-order valence-corrected chi connectivity index (χ1v) is 7.32. The van der Waals surface area contributed by atoms with Crippen LogP contribution in [0.15, 0.2) is 17.7 Å². The highest BCUT2D eigenvalue weighted by atomic mass is 35.5. The minimum absolute atomic E-state index is 0.237. The lowest BCUT2D eigenvalue weighted by atomic mass is 9.85. The summed E-state index contributed by atoms with van der Waals surface area (Å²) in [5.74, 6) is -2.58. The molecule has 0 radical (unpaired) electrons. The summed E-state index contributed by atoms with van der Waals surface area (Å²) in [6, 6.07) is 3.36. The maximum atomic E-state index is 12.3. The van der Waals surface area contributed by atoms with Crippen molar-refractivity contribution >= 4 is 34.8 Å². The van der Waals surface area contributed by atoms with Crippen LogP contribution in [0, 0.1) is 26.9 Å². The lowest BCUT2D eigenvalue weighted by Crippen LogP contribution is -2.22. The van der Waals surface area contributed by atoms with E-state index < -0.39 is 44.7 Å². The number of Topliss-reactive ketones (excluding diaryl/α,β-unsaturated/α-hetero) is 1. The highest BCUT2D eigenvalue weighted by Gasteiger charge is 2.31. The number of allylic oxidation sites excluding steroid dienone is 1. The molecule has 0 fully saturated rings. The van der Waals surface area contributed by atoms with Crippen molar-refractivity contribution in [3.8, 4) is 11.8 Å². The van der Waals surface area contributed by atoms with E-state index in [0.29, 0.717) is 0 Å². The number of nitro groups is 1. The third kappa shape index (κ3) is 4.55. The number of aliphatic hydroxyl groups is 1. The minimum Gasteiger partial charge on any atom is -0.506 e. The number of halogens is 1. The van der Waals surface area contributed by atoms with Gasteiger partial charge in [-0.25, -0.2) is 0 Å². The van der Waals surface area contributed by atoms with Crippen molar-refractivity contribution in [2.75, 3.05) is 0 Å². The van der Waals surface area contributed by atoms with Crippen molar-refractivity contribution < 1.29 is 24.4 Å². The summed E-state index contributed by atoms with van der Waals surface area (Å²) < 4.78 is 4.82. The number of hydrogen-bond donors (Lipinski definition) is 1. The van der Waals surface area contributed by atoms with Crippen LogP contribution in [0.25, 0.3) is 5.76 Å². The number of ketones is 1. The summed E-state index contributed by atoms with van der Waals surface area (Å²) in [6.07, 6.45) is 0. The molecule has 1 rings (SSSR count). The number of aliphatic hydroxyl groups excluding tert-OH is 1. The molecule has 132 valence electrons. The van der Waals surface area contributed by atoms with Crippen LogP contribution in [0.2, 0.25) is 5.02 Å². The number of nitro benzene ring substituents is 1. The number of ether oxygens (including phenoxy) is 1. The van der Waals surface area contributed by atoms with E-state index in [1.165, 1.54) is 20.8 Å². The first-order chi connectivity index (χ1) is 11.4. The Bertz CT molecular complexity index is 830. The van der Waals surface area contributed by atoms with Crippen molar-refractivity contribution in [1.82, 2.24) is 0 Å². The number of benzene rings is 1. The van der Waals surface area contributed by atoms with E-state index >= 15 is 0 Å². The van der Waals surface area contributed by atoms with E-state index in [2.05, 4.69) is 0 Å². The number of carbonyl (C=O) groups excluding carboxylic acids is 2. The predicted molar refractivity (Wildman–Crippen MR) is 89.0 cm³/mol. The first kappa shape index (κ1) is 20.1. The van der Waals surface area contributed by atoms with E-state index in [4.69, 9.17) is 16.3 Å². The molecule has 25 heavy (non-hydrogen) atoms. The summed E-state index contributed by atoms with van der Waals surface area (Å²) in [4.78, 5) is 33.8. The third-order valence-electron chi connectivity index (χ3n) is 3.01. The molecule has 0 saturated carbocycles. The van der Waals surface area contributed by atoms with E-state index in [1.54, 1.807) is 6.07 Å². The molecule has 1 aromatic carbocycles. The van der Waals surface area contributed by atoms with E-state index in [9.17, 15) is 30.1 Å². The maximum Gasteiger partial charge on any atom is 0.308 e. The SMILES string of the molecule is CC(=O)Oc1cc(C(O)=C(C#N)C(=O)C(C)(C)C)c([N+](=O)[O-])cc1Cl. The number of rotatable bonds is 4. The van der Waals surface area contributed by atoms with Gasteiger partial charge in [-0.2, -0.15) is 5.26 Å². The molecule has 0 aliphatic rings. The van der Waals surface area contributed by atoms with Gasteiger partial charge in [-0.05, 0) is 0 Å². The topological polar surface area (TPSA) is 131 Å². The standard InChI is InChI=1S/C16H15ClN2O6/c1-8(20)25-13-5-9(12(19(23)24)6-11(13)17)14(21)10(7-18)15(22)16(2,3)4/h5-6,21H,1-4H3. The van der Waals surface area contributed by atoms with Gasteiger partial charge in [0.05, 0.1) is 15.5 Å². The Kier molecular flexibility index (Phi) is 5.89. The molecule has 1 N–H and O–H groups in total. The number of carbonyl (C=O) groups is 2. The lowest BCUT2D eigenvalue weighted by molar-refractivity contribution is -0.385. The molecule has 0 spiro atoms. The molecule has 0 heterocycles. The summed E-state index contributed by atoms with van der Waals surface area (Å²) in [6.45, 7) is 5.68. The van der Waals surface area contributed by atoms with Gasteiger partial charge in [-0.15, -0.1) is 0 Å². The van der Waals surface area contributed by atoms with Gasteiger partial charge in [0.2, 0.25) is 0 Å². The summed E-state index contributed by atoms with van der Waals surface area (Å²) >= 11 is 5.83. The van der Waals surface area contributed by atoms with Crippen LogP contribution >= 0.6 is 11.6 Å². The van der Waals surface area contributed by atoms with Crippen LogP contribution in [0.4, 0.5) is 5.69 Å². The zero-order chi connectivity index (χ0) is 19.5. The van der Waals surface area contributed by atoms with Gasteiger partial charge in [-0.1, -0.05) is 32.4 Å². The molecule has 1 aromatic rings. The van der Waals surface area contributed by atoms with Crippen LogP contribution < -0.4 is 4.74 Å². The molecule has 0 aliphatic carbocycles. The zero-order valence-corrected chi connectivity index (χ0v) is 14.7. The molecular formula is C16H15ClN2O6. The summed E-state index contributed by atoms with van der Waals surface area (Å²) in [5, 5.41) is 30.6. The lowest BCUT2D eigenvalue weighted by Gasteiger charge is -2.16. The molecule has 0 atom stereocenters. The Morgan fingerprint density at radius 3 is 2.32 bits per heavy atom. The monoisotopic (exact) mass is 366 g/mol. The molecule has 9 heteroatoms. The van der Waals surface area contributed by atoms with E-state index in [0.717, 1.165) is 19.1 Å². The largest absolute Gasteiger partial charge is 0.506 e. The maximum absolute atomic E-state index is 12.3. The zero-order valence-electron chi connectivity index (χ0n) is 13.9. The van der Waals surface area contributed by atoms with Crippen LogP contribution in [0.1, 0.15) is 33.3 Å². The molecule has 0 bridgehead atoms. The second-order valence-corrected chi connectivity index (χ2v) is 6.47. The summed E-state index contributed by atoms with van der Waals surface area (Å²) in [7, 11) is 0. The molecule has 0 unspecified atom stereocenters. The van der Waals surface area contributed by atoms with Crippen LogP contribution in [-0.4, -0.2) is 21.8 Å².